The number of rotatable bonds is 7. The molecule has 0 amide bonds. The molecule has 2 aliphatic rings. The Morgan fingerprint density at radius 2 is 1.86 bits per heavy atom. The number of aryl methyl sites for hydroxylation is 2. The van der Waals surface area contributed by atoms with Crippen molar-refractivity contribution in [3.05, 3.63) is 100 Å². The Bertz CT molecular complexity index is 1810. The number of nitrogens with one attached hydrogen (secondary N) is 2. The molecule has 0 bridgehead atoms. The van der Waals surface area contributed by atoms with Crippen LogP contribution < -0.4 is 5.32 Å². The van der Waals surface area contributed by atoms with Crippen LogP contribution in [-0.4, -0.2) is 47.0 Å². The molecule has 0 unspecified atom stereocenters. The fraction of sp³-hybridized carbons (Fsp3) is 0.276. The minimum atomic E-state index is -4.52. The van der Waals surface area contributed by atoms with E-state index in [1.165, 1.54) is 35.7 Å². The Hall–Kier alpha value is -4.10. The van der Waals surface area contributed by atoms with Crippen molar-refractivity contribution in [2.24, 2.45) is 13.0 Å². The number of hydrogen-bond acceptors (Lipinski definition) is 6. The summed E-state index contributed by atoms with van der Waals surface area (Å²) in [5.41, 5.74) is 2.13. The summed E-state index contributed by atoms with van der Waals surface area (Å²) in [5, 5.41) is 18.9. The van der Waals surface area contributed by atoms with Crippen molar-refractivity contribution in [2.45, 2.75) is 29.5 Å². The number of hydrogen-bond donors (Lipinski definition) is 2. The summed E-state index contributed by atoms with van der Waals surface area (Å²) in [6, 6.07) is 14.6. The molecule has 8 nitrogen and oxygen atoms in total. The first-order chi connectivity index (χ1) is 19.8. The average Bonchev–Trinajstić information content (AvgIpc) is 3.20. The Morgan fingerprint density at radius 1 is 1.12 bits per heavy atom. The van der Waals surface area contributed by atoms with Gasteiger partial charge in [-0.15, -0.1) is 5.10 Å². The van der Waals surface area contributed by atoms with E-state index in [1.807, 2.05) is 13.0 Å². The van der Waals surface area contributed by atoms with Crippen LogP contribution in [0.15, 0.2) is 71.9 Å². The number of benzene rings is 3. The van der Waals surface area contributed by atoms with Gasteiger partial charge in [-0.2, -0.15) is 27.4 Å². The number of nitrogens with zero attached hydrogens (tertiary/aromatic N) is 4. The Balaban J connectivity index is 1.43. The average molecular weight is 599 g/mol. The van der Waals surface area contributed by atoms with E-state index >= 15 is 0 Å². The van der Waals surface area contributed by atoms with E-state index in [-0.39, 0.29) is 35.8 Å². The van der Waals surface area contributed by atoms with E-state index in [2.05, 4.69) is 15.5 Å². The lowest BCUT2D eigenvalue weighted by atomic mass is 9.85. The summed E-state index contributed by atoms with van der Waals surface area (Å²) in [4.78, 5) is 1.15. The summed E-state index contributed by atoms with van der Waals surface area (Å²) in [6.45, 7) is 1.97. The summed E-state index contributed by atoms with van der Waals surface area (Å²) < 4.78 is 82.6. The Kier molecular flexibility index (Phi) is 6.50. The second kappa shape index (κ2) is 9.73. The van der Waals surface area contributed by atoms with Crippen LogP contribution >= 0.6 is 0 Å². The van der Waals surface area contributed by atoms with Gasteiger partial charge in [0, 0.05) is 54.6 Å². The van der Waals surface area contributed by atoms with Crippen LogP contribution in [0.1, 0.15) is 33.7 Å². The smallest absolute Gasteiger partial charge is 0.355 e. The zero-order valence-electron chi connectivity index (χ0n) is 22.5. The third kappa shape index (κ3) is 4.56. The number of fused-ring (bicyclic) bond motifs is 1. The number of aromatic nitrogens is 3. The molecule has 3 aromatic carbocycles. The molecular weight excluding hydrogens is 572 g/mol. The third-order valence-corrected chi connectivity index (χ3v) is 9.95. The molecule has 2 heterocycles. The highest BCUT2D eigenvalue weighted by atomic mass is 32.2. The minimum absolute atomic E-state index is 0.0283. The first kappa shape index (κ1) is 28.0. The van der Waals surface area contributed by atoms with Crippen molar-refractivity contribution in [1.29, 1.82) is 5.41 Å². The zero-order chi connectivity index (χ0) is 30.0. The number of alkyl halides is 3. The van der Waals surface area contributed by atoms with Gasteiger partial charge in [-0.25, -0.2) is 12.8 Å². The Morgan fingerprint density at radius 3 is 2.50 bits per heavy atom. The van der Waals surface area contributed by atoms with Crippen molar-refractivity contribution in [2.75, 3.05) is 18.4 Å². The minimum Gasteiger partial charge on any atom is -0.355 e. The molecule has 2 N–H and O–H groups in total. The van der Waals surface area contributed by atoms with Crippen molar-refractivity contribution >= 4 is 27.6 Å². The highest BCUT2D eigenvalue weighted by molar-refractivity contribution is 7.89. The molecule has 4 aromatic rings. The normalized spacial score (nSPS) is 22.1. The van der Waals surface area contributed by atoms with Crippen LogP contribution in [0.25, 0.3) is 0 Å². The highest BCUT2D eigenvalue weighted by Crippen LogP contribution is 2.70. The lowest BCUT2D eigenvalue weighted by Crippen LogP contribution is -2.35. The second-order valence-electron chi connectivity index (χ2n) is 10.7. The molecule has 42 heavy (non-hydrogen) atoms. The van der Waals surface area contributed by atoms with Crippen molar-refractivity contribution in [3.63, 3.8) is 0 Å². The molecule has 6 rings (SSSR count). The summed E-state index contributed by atoms with van der Waals surface area (Å²) in [5.74, 6) is -1.07. The largest absolute Gasteiger partial charge is 0.416 e. The van der Waals surface area contributed by atoms with Gasteiger partial charge in [0.1, 0.15) is 5.82 Å². The highest BCUT2D eigenvalue weighted by Gasteiger charge is 2.72. The van der Waals surface area contributed by atoms with Gasteiger partial charge in [0.25, 0.3) is 10.0 Å². The molecule has 1 saturated heterocycles. The Labute approximate surface area is 239 Å². The molecule has 2 fully saturated rings. The standard InChI is InChI=1S/C29H26F4N6O2S/c1-17-10-25(36-22-8-6-21(30)7-9-22)19(13-34)12-23(17)28-16-39(42(40,41)26-14-35-38(2)37-26)15-24(28)27(28)18-4-3-5-20(11-18)29(31,32)33/h3-14,24,27,34,36H,15-16H2,1-2H3/t24-,27+,28+/m0/s1. The van der Waals surface area contributed by atoms with Crippen molar-refractivity contribution < 1.29 is 26.0 Å². The van der Waals surface area contributed by atoms with Crippen LogP contribution in [-0.2, 0) is 28.7 Å². The number of halogens is 4. The van der Waals surface area contributed by atoms with Crippen molar-refractivity contribution in [3.8, 4) is 0 Å². The topological polar surface area (TPSA) is 104 Å². The quantitative estimate of drug-likeness (QED) is 0.220. The first-order valence-electron chi connectivity index (χ1n) is 13.1. The van der Waals surface area contributed by atoms with Gasteiger partial charge in [-0.1, -0.05) is 18.2 Å². The van der Waals surface area contributed by atoms with Gasteiger partial charge in [0.2, 0.25) is 5.03 Å². The van der Waals surface area contributed by atoms with E-state index in [0.717, 1.165) is 34.3 Å². The molecule has 0 spiro atoms. The van der Waals surface area contributed by atoms with Gasteiger partial charge >= 0.3 is 6.18 Å². The molecule has 1 aliphatic carbocycles. The summed E-state index contributed by atoms with van der Waals surface area (Å²) in [7, 11) is -2.50. The van der Waals surface area contributed by atoms with E-state index in [1.54, 1.807) is 24.3 Å². The maximum atomic E-state index is 13.6. The molecule has 218 valence electrons. The van der Waals surface area contributed by atoms with E-state index in [0.29, 0.717) is 22.5 Å². The lowest BCUT2D eigenvalue weighted by molar-refractivity contribution is -0.137. The molecule has 1 aromatic heterocycles. The fourth-order valence-corrected chi connectivity index (χ4v) is 7.78. The maximum absolute atomic E-state index is 13.6. The second-order valence-corrected chi connectivity index (χ2v) is 12.6. The predicted octanol–water partition coefficient (Wildman–Crippen LogP) is 5.38. The lowest BCUT2D eigenvalue weighted by Gasteiger charge is -2.25. The van der Waals surface area contributed by atoms with Crippen LogP contribution in [0.5, 0.6) is 0 Å². The summed E-state index contributed by atoms with van der Waals surface area (Å²) in [6.07, 6.45) is -2.19. The van der Waals surface area contributed by atoms with Gasteiger partial charge < -0.3 is 10.7 Å². The van der Waals surface area contributed by atoms with E-state index < -0.39 is 27.2 Å². The number of anilines is 2. The monoisotopic (exact) mass is 598 g/mol. The van der Waals surface area contributed by atoms with Crippen LogP contribution in [0, 0.1) is 24.1 Å². The first-order valence-corrected chi connectivity index (χ1v) is 14.5. The summed E-state index contributed by atoms with van der Waals surface area (Å²) >= 11 is 0. The molecule has 0 radical (unpaired) electrons. The van der Waals surface area contributed by atoms with Crippen LogP contribution in [0.2, 0.25) is 0 Å². The molecular formula is C29H26F4N6O2S. The molecule has 13 heteroatoms. The van der Waals surface area contributed by atoms with Crippen LogP contribution in [0.3, 0.4) is 0 Å². The fourth-order valence-electron chi connectivity index (χ4n) is 6.37. The SMILES string of the molecule is Cc1cc(Nc2ccc(F)cc2)c(C=N)cc1[C@]12CN(S(=O)(=O)c3cnn(C)n3)C[C@H]1[C@H]2c1cccc(C(F)(F)F)c1. The third-order valence-electron chi connectivity index (χ3n) is 8.28. The predicted molar refractivity (Wildman–Crippen MR) is 148 cm³/mol. The zero-order valence-corrected chi connectivity index (χ0v) is 23.3. The van der Waals surface area contributed by atoms with Gasteiger partial charge in [-0.05, 0) is 72.0 Å². The van der Waals surface area contributed by atoms with Gasteiger partial charge in [0.15, 0.2) is 0 Å². The maximum Gasteiger partial charge on any atom is 0.416 e. The molecule has 1 aliphatic heterocycles. The van der Waals surface area contributed by atoms with Crippen molar-refractivity contribution in [1.82, 2.24) is 19.3 Å². The molecule has 3 atom stereocenters. The van der Waals surface area contributed by atoms with E-state index in [9.17, 15) is 26.0 Å². The van der Waals surface area contributed by atoms with Gasteiger partial charge in [-0.3, -0.25) is 0 Å². The number of piperidine rings is 1. The van der Waals surface area contributed by atoms with E-state index in [4.69, 9.17) is 5.41 Å². The van der Waals surface area contributed by atoms with Crippen LogP contribution in [0.4, 0.5) is 28.9 Å². The number of sulfonamides is 1. The van der Waals surface area contributed by atoms with Gasteiger partial charge in [0.05, 0.1) is 11.8 Å². The molecule has 1 saturated carbocycles.